The van der Waals surface area contributed by atoms with Crippen molar-refractivity contribution in [2.24, 2.45) is 5.41 Å². The van der Waals surface area contributed by atoms with Gasteiger partial charge in [0.25, 0.3) is 0 Å². The van der Waals surface area contributed by atoms with Crippen LogP contribution in [-0.4, -0.2) is 21.3 Å². The molecule has 1 atom stereocenters. The van der Waals surface area contributed by atoms with Crippen LogP contribution in [0.5, 0.6) is 11.5 Å². The number of rotatable bonds is 5. The van der Waals surface area contributed by atoms with Gasteiger partial charge in [0.15, 0.2) is 0 Å². The molecule has 2 rings (SSSR count). The summed E-state index contributed by atoms with van der Waals surface area (Å²) in [7, 11) is 5.49. The Labute approximate surface area is 122 Å². The molecule has 3 heteroatoms. The Bertz CT molecular complexity index is 439. The molecule has 0 aliphatic heterocycles. The van der Waals surface area contributed by atoms with Gasteiger partial charge in [0.2, 0.25) is 0 Å². The third-order valence-electron chi connectivity index (χ3n) is 4.73. The van der Waals surface area contributed by atoms with E-state index in [-0.39, 0.29) is 5.41 Å². The van der Waals surface area contributed by atoms with Crippen molar-refractivity contribution < 1.29 is 9.47 Å². The molecular formula is C17H27NO2. The molecule has 1 aromatic carbocycles. The largest absolute Gasteiger partial charge is 0.497 e. The summed E-state index contributed by atoms with van der Waals surface area (Å²) in [5.74, 6) is 1.83. The highest BCUT2D eigenvalue weighted by molar-refractivity contribution is 5.43. The van der Waals surface area contributed by atoms with Crippen molar-refractivity contribution in [3.05, 3.63) is 23.8 Å². The van der Waals surface area contributed by atoms with Crippen LogP contribution in [0.2, 0.25) is 0 Å². The summed E-state index contributed by atoms with van der Waals surface area (Å²) in [5, 5.41) is 3.52. The lowest BCUT2D eigenvalue weighted by Gasteiger charge is -2.41. The molecule has 1 saturated carbocycles. The minimum Gasteiger partial charge on any atom is -0.497 e. The summed E-state index contributed by atoms with van der Waals surface area (Å²) in [6.45, 7) is 2.40. The second kappa shape index (κ2) is 6.49. The van der Waals surface area contributed by atoms with Gasteiger partial charge in [0.05, 0.1) is 14.2 Å². The smallest absolute Gasteiger partial charge is 0.123 e. The van der Waals surface area contributed by atoms with Gasteiger partial charge in [-0.3, -0.25) is 0 Å². The van der Waals surface area contributed by atoms with Crippen molar-refractivity contribution in [1.29, 1.82) is 0 Å². The Hall–Kier alpha value is -1.22. The maximum absolute atomic E-state index is 5.57. The van der Waals surface area contributed by atoms with Gasteiger partial charge in [0.1, 0.15) is 11.5 Å². The predicted molar refractivity (Wildman–Crippen MR) is 82.5 cm³/mol. The Balaban J connectivity index is 2.39. The lowest BCUT2D eigenvalue weighted by molar-refractivity contribution is 0.148. The zero-order chi connectivity index (χ0) is 14.6. The second-order valence-corrected chi connectivity index (χ2v) is 6.04. The first-order valence-electron chi connectivity index (χ1n) is 7.54. The van der Waals surface area contributed by atoms with E-state index >= 15 is 0 Å². The van der Waals surface area contributed by atoms with Crippen LogP contribution in [-0.2, 0) is 0 Å². The number of hydrogen-bond acceptors (Lipinski definition) is 3. The number of ether oxygens (including phenoxy) is 2. The minimum atomic E-state index is 0.284. The molecule has 0 heterocycles. The molecule has 20 heavy (non-hydrogen) atoms. The van der Waals surface area contributed by atoms with Crippen molar-refractivity contribution in [3.8, 4) is 11.5 Å². The van der Waals surface area contributed by atoms with Gasteiger partial charge in [-0.1, -0.05) is 26.2 Å². The standard InChI is InChI=1S/C17H27NO2/c1-17(10-6-5-7-11-17)16(18-2)14-12-13(19-3)8-9-15(14)20-4/h8-9,12,16,18H,5-7,10-11H2,1-4H3. The Morgan fingerprint density at radius 2 is 1.80 bits per heavy atom. The summed E-state index contributed by atoms with van der Waals surface area (Å²) >= 11 is 0. The fourth-order valence-corrected chi connectivity index (χ4v) is 3.59. The lowest BCUT2D eigenvalue weighted by Crippen LogP contribution is -2.36. The first kappa shape index (κ1) is 15.2. The molecule has 0 aromatic heterocycles. The molecule has 1 aliphatic carbocycles. The van der Waals surface area contributed by atoms with E-state index in [0.29, 0.717) is 6.04 Å². The summed E-state index contributed by atoms with van der Waals surface area (Å²) in [6, 6.07) is 6.37. The van der Waals surface area contributed by atoms with Gasteiger partial charge in [-0.05, 0) is 43.5 Å². The highest BCUT2D eigenvalue weighted by Gasteiger charge is 2.37. The molecule has 0 spiro atoms. The minimum absolute atomic E-state index is 0.284. The highest BCUT2D eigenvalue weighted by Crippen LogP contribution is 2.47. The van der Waals surface area contributed by atoms with Gasteiger partial charge < -0.3 is 14.8 Å². The van der Waals surface area contributed by atoms with E-state index < -0.39 is 0 Å². The summed E-state index contributed by atoms with van der Waals surface area (Å²) in [4.78, 5) is 0. The molecule has 1 N–H and O–H groups in total. The number of nitrogens with one attached hydrogen (secondary N) is 1. The molecule has 0 radical (unpaired) electrons. The van der Waals surface area contributed by atoms with E-state index in [1.165, 1.54) is 37.7 Å². The second-order valence-electron chi connectivity index (χ2n) is 6.04. The molecule has 1 unspecified atom stereocenters. The first-order valence-corrected chi connectivity index (χ1v) is 7.54. The van der Waals surface area contributed by atoms with Crippen LogP contribution in [0.3, 0.4) is 0 Å². The number of benzene rings is 1. The molecule has 112 valence electrons. The zero-order valence-electron chi connectivity index (χ0n) is 13.2. The highest BCUT2D eigenvalue weighted by atomic mass is 16.5. The van der Waals surface area contributed by atoms with Crippen molar-refractivity contribution in [2.45, 2.75) is 45.1 Å². The molecule has 0 bridgehead atoms. The van der Waals surface area contributed by atoms with E-state index in [2.05, 4.69) is 18.3 Å². The van der Waals surface area contributed by atoms with Gasteiger partial charge in [-0.15, -0.1) is 0 Å². The van der Waals surface area contributed by atoms with E-state index in [1.54, 1.807) is 14.2 Å². The average Bonchev–Trinajstić information content (AvgIpc) is 2.48. The third-order valence-corrected chi connectivity index (χ3v) is 4.73. The lowest BCUT2D eigenvalue weighted by atomic mass is 9.68. The maximum Gasteiger partial charge on any atom is 0.123 e. The van der Waals surface area contributed by atoms with Crippen molar-refractivity contribution in [2.75, 3.05) is 21.3 Å². The average molecular weight is 277 g/mol. The first-order chi connectivity index (χ1) is 9.64. The summed E-state index contributed by atoms with van der Waals surface area (Å²) < 4.78 is 11.0. The van der Waals surface area contributed by atoms with Crippen LogP contribution in [0, 0.1) is 5.41 Å². The Morgan fingerprint density at radius 1 is 1.10 bits per heavy atom. The predicted octanol–water partition coefficient (Wildman–Crippen LogP) is 3.93. The Morgan fingerprint density at radius 3 is 2.35 bits per heavy atom. The normalized spacial score (nSPS) is 19.4. The maximum atomic E-state index is 5.57. The molecule has 1 aliphatic rings. The van der Waals surface area contributed by atoms with Crippen LogP contribution >= 0.6 is 0 Å². The number of hydrogen-bond donors (Lipinski definition) is 1. The zero-order valence-corrected chi connectivity index (χ0v) is 13.2. The van der Waals surface area contributed by atoms with Crippen LogP contribution in [0.1, 0.15) is 50.6 Å². The molecular weight excluding hydrogens is 250 g/mol. The van der Waals surface area contributed by atoms with Crippen LogP contribution in [0.15, 0.2) is 18.2 Å². The van der Waals surface area contributed by atoms with E-state index in [4.69, 9.17) is 9.47 Å². The quantitative estimate of drug-likeness (QED) is 0.884. The molecule has 3 nitrogen and oxygen atoms in total. The SMILES string of the molecule is CNC(c1cc(OC)ccc1OC)C1(C)CCCCC1. The van der Waals surface area contributed by atoms with Gasteiger partial charge in [-0.2, -0.15) is 0 Å². The van der Waals surface area contributed by atoms with Crippen molar-refractivity contribution in [1.82, 2.24) is 5.32 Å². The summed E-state index contributed by atoms with van der Waals surface area (Å²) in [5.41, 5.74) is 1.49. The molecule has 0 saturated heterocycles. The van der Waals surface area contributed by atoms with Gasteiger partial charge in [0, 0.05) is 11.6 Å². The fourth-order valence-electron chi connectivity index (χ4n) is 3.59. The van der Waals surface area contributed by atoms with Crippen LogP contribution in [0.4, 0.5) is 0 Å². The van der Waals surface area contributed by atoms with Crippen molar-refractivity contribution in [3.63, 3.8) is 0 Å². The Kier molecular flexibility index (Phi) is 4.92. The van der Waals surface area contributed by atoms with E-state index in [0.717, 1.165) is 11.5 Å². The van der Waals surface area contributed by atoms with Gasteiger partial charge >= 0.3 is 0 Å². The fraction of sp³-hybridized carbons (Fsp3) is 0.647. The van der Waals surface area contributed by atoms with Crippen LogP contribution in [0.25, 0.3) is 0 Å². The number of methoxy groups -OCH3 is 2. The topological polar surface area (TPSA) is 30.5 Å². The monoisotopic (exact) mass is 277 g/mol. The molecule has 0 amide bonds. The van der Waals surface area contributed by atoms with Crippen LogP contribution < -0.4 is 14.8 Å². The molecule has 1 fully saturated rings. The third kappa shape index (κ3) is 2.93. The van der Waals surface area contributed by atoms with E-state index in [1.807, 2.05) is 19.2 Å². The van der Waals surface area contributed by atoms with Gasteiger partial charge in [-0.25, -0.2) is 0 Å². The van der Waals surface area contributed by atoms with Crippen molar-refractivity contribution >= 4 is 0 Å². The summed E-state index contributed by atoms with van der Waals surface area (Å²) in [6.07, 6.45) is 6.53. The molecule has 1 aromatic rings. The van der Waals surface area contributed by atoms with E-state index in [9.17, 15) is 0 Å².